The first-order valence-electron chi connectivity index (χ1n) is 7.39. The van der Waals surface area contributed by atoms with Gasteiger partial charge in [-0.05, 0) is 49.8 Å². The maximum absolute atomic E-state index is 12.8. The van der Waals surface area contributed by atoms with E-state index in [1.807, 2.05) is 18.7 Å². The van der Waals surface area contributed by atoms with Gasteiger partial charge >= 0.3 is 0 Å². The van der Waals surface area contributed by atoms with Crippen molar-refractivity contribution >= 4 is 11.6 Å². The average molecular weight is 290 g/mol. The van der Waals surface area contributed by atoms with Crippen molar-refractivity contribution < 1.29 is 9.72 Å². The molecule has 0 spiro atoms. The van der Waals surface area contributed by atoms with Gasteiger partial charge in [-0.15, -0.1) is 0 Å². The highest BCUT2D eigenvalue weighted by molar-refractivity contribution is 5.98. The van der Waals surface area contributed by atoms with Crippen molar-refractivity contribution in [3.63, 3.8) is 0 Å². The lowest BCUT2D eigenvalue weighted by molar-refractivity contribution is -0.385. The van der Waals surface area contributed by atoms with Crippen LogP contribution in [0.1, 0.15) is 48.2 Å². The van der Waals surface area contributed by atoms with E-state index >= 15 is 0 Å². The van der Waals surface area contributed by atoms with E-state index in [0.29, 0.717) is 12.5 Å². The molecule has 2 rings (SSSR count). The summed E-state index contributed by atoms with van der Waals surface area (Å²) in [5, 5.41) is 11.3. The maximum atomic E-state index is 12.8. The second-order valence-electron chi connectivity index (χ2n) is 6.16. The summed E-state index contributed by atoms with van der Waals surface area (Å²) in [5.41, 5.74) is 1.87. The quantitative estimate of drug-likeness (QED) is 0.632. The third kappa shape index (κ3) is 2.91. The minimum absolute atomic E-state index is 0.0856. The Balaban J connectivity index is 2.43. The molecule has 1 saturated heterocycles. The van der Waals surface area contributed by atoms with Crippen LogP contribution in [0.4, 0.5) is 5.69 Å². The lowest BCUT2D eigenvalue weighted by atomic mass is 9.99. The van der Waals surface area contributed by atoms with Crippen LogP contribution < -0.4 is 0 Å². The molecule has 1 aliphatic rings. The van der Waals surface area contributed by atoms with Crippen LogP contribution in [-0.4, -0.2) is 28.3 Å². The molecule has 1 heterocycles. The lowest BCUT2D eigenvalue weighted by Gasteiger charge is -2.27. The number of nitro benzene ring substituents is 1. The number of benzene rings is 1. The summed E-state index contributed by atoms with van der Waals surface area (Å²) in [5.74, 6) is 0.156. The molecular weight excluding hydrogens is 268 g/mol. The molecule has 114 valence electrons. The molecule has 1 aromatic carbocycles. The predicted octanol–water partition coefficient (Wildman–Crippen LogP) is 3.47. The standard InChI is InChI=1S/C16H22N2O3/c1-10(2)14-6-5-7-17(14)16(19)13-8-11(3)12(4)9-15(13)18(20)21/h8-10,14H,5-7H2,1-4H3/t14-/m0/s1. The van der Waals surface area contributed by atoms with Crippen LogP contribution in [0.3, 0.4) is 0 Å². The van der Waals surface area contributed by atoms with Crippen molar-refractivity contribution in [3.8, 4) is 0 Å². The largest absolute Gasteiger partial charge is 0.335 e. The second kappa shape index (κ2) is 5.84. The van der Waals surface area contributed by atoms with Crippen molar-refractivity contribution in [2.75, 3.05) is 6.54 Å². The Morgan fingerprint density at radius 2 is 1.95 bits per heavy atom. The number of nitrogens with zero attached hydrogens (tertiary/aromatic N) is 2. The van der Waals surface area contributed by atoms with Crippen LogP contribution in [0.5, 0.6) is 0 Å². The first-order valence-corrected chi connectivity index (χ1v) is 7.39. The van der Waals surface area contributed by atoms with E-state index in [1.54, 1.807) is 6.07 Å². The maximum Gasteiger partial charge on any atom is 0.282 e. The summed E-state index contributed by atoms with van der Waals surface area (Å²) in [4.78, 5) is 25.4. The molecule has 1 aromatic rings. The fourth-order valence-electron chi connectivity index (χ4n) is 3.02. The summed E-state index contributed by atoms with van der Waals surface area (Å²) in [6.07, 6.45) is 1.94. The summed E-state index contributed by atoms with van der Waals surface area (Å²) in [6, 6.07) is 3.34. The Morgan fingerprint density at radius 1 is 1.33 bits per heavy atom. The summed E-state index contributed by atoms with van der Waals surface area (Å²) < 4.78 is 0. The normalized spacial score (nSPS) is 18.3. The van der Waals surface area contributed by atoms with Crippen LogP contribution in [0.2, 0.25) is 0 Å². The van der Waals surface area contributed by atoms with E-state index in [9.17, 15) is 14.9 Å². The minimum Gasteiger partial charge on any atom is -0.335 e. The topological polar surface area (TPSA) is 63.5 Å². The van der Waals surface area contributed by atoms with Gasteiger partial charge in [0.15, 0.2) is 0 Å². The number of rotatable bonds is 3. The van der Waals surface area contributed by atoms with Crippen molar-refractivity contribution in [3.05, 3.63) is 38.9 Å². The third-order valence-corrected chi connectivity index (χ3v) is 4.37. The summed E-state index contributed by atoms with van der Waals surface area (Å²) >= 11 is 0. The number of hydrogen-bond acceptors (Lipinski definition) is 3. The molecule has 1 amide bonds. The highest BCUT2D eigenvalue weighted by atomic mass is 16.6. The Kier molecular flexibility index (Phi) is 4.30. The number of nitro groups is 1. The minimum atomic E-state index is -0.458. The van der Waals surface area contributed by atoms with E-state index in [4.69, 9.17) is 0 Å². The van der Waals surface area contributed by atoms with Gasteiger partial charge in [0.1, 0.15) is 5.56 Å². The number of likely N-dealkylation sites (tertiary alicyclic amines) is 1. The van der Waals surface area contributed by atoms with E-state index in [0.717, 1.165) is 24.0 Å². The first-order chi connectivity index (χ1) is 9.82. The van der Waals surface area contributed by atoms with Crippen molar-refractivity contribution in [1.29, 1.82) is 0 Å². The molecule has 0 saturated carbocycles. The van der Waals surface area contributed by atoms with Crippen LogP contribution in [-0.2, 0) is 0 Å². The number of carbonyl (C=O) groups excluding carboxylic acids is 1. The van der Waals surface area contributed by atoms with Gasteiger partial charge in [0.2, 0.25) is 0 Å². The summed E-state index contributed by atoms with van der Waals surface area (Å²) in [6.45, 7) is 8.56. The summed E-state index contributed by atoms with van der Waals surface area (Å²) in [7, 11) is 0. The molecular formula is C16H22N2O3. The van der Waals surface area contributed by atoms with E-state index < -0.39 is 4.92 Å². The molecule has 0 bridgehead atoms. The van der Waals surface area contributed by atoms with E-state index in [2.05, 4.69) is 13.8 Å². The van der Waals surface area contributed by atoms with Gasteiger partial charge in [-0.3, -0.25) is 14.9 Å². The molecule has 0 aromatic heterocycles. The molecule has 0 N–H and O–H groups in total. The van der Waals surface area contributed by atoms with E-state index in [-0.39, 0.29) is 23.2 Å². The van der Waals surface area contributed by atoms with Gasteiger partial charge in [0.25, 0.3) is 11.6 Å². The van der Waals surface area contributed by atoms with Gasteiger partial charge < -0.3 is 4.90 Å². The first kappa shape index (κ1) is 15.5. The SMILES string of the molecule is Cc1cc(C(=O)N2CCC[C@H]2C(C)C)c([N+](=O)[O-])cc1C. The number of hydrogen-bond donors (Lipinski definition) is 0. The smallest absolute Gasteiger partial charge is 0.282 e. The molecule has 0 radical (unpaired) electrons. The Hall–Kier alpha value is -1.91. The molecule has 0 unspecified atom stereocenters. The molecule has 1 atom stereocenters. The third-order valence-electron chi connectivity index (χ3n) is 4.37. The fraction of sp³-hybridized carbons (Fsp3) is 0.562. The molecule has 0 aliphatic carbocycles. The molecule has 1 aliphatic heterocycles. The second-order valence-corrected chi connectivity index (χ2v) is 6.16. The van der Waals surface area contributed by atoms with Crippen LogP contribution >= 0.6 is 0 Å². The lowest BCUT2D eigenvalue weighted by Crippen LogP contribution is -2.38. The van der Waals surface area contributed by atoms with Crippen LogP contribution in [0.25, 0.3) is 0 Å². The number of amides is 1. The fourth-order valence-corrected chi connectivity index (χ4v) is 3.02. The number of carbonyl (C=O) groups is 1. The molecule has 5 heteroatoms. The monoisotopic (exact) mass is 290 g/mol. The van der Waals surface area contributed by atoms with Gasteiger partial charge in [0, 0.05) is 18.7 Å². The van der Waals surface area contributed by atoms with E-state index in [1.165, 1.54) is 6.07 Å². The molecule has 5 nitrogen and oxygen atoms in total. The van der Waals surface area contributed by atoms with Crippen molar-refractivity contribution in [1.82, 2.24) is 4.90 Å². The zero-order chi connectivity index (χ0) is 15.7. The number of aryl methyl sites for hydroxylation is 2. The van der Waals surface area contributed by atoms with Crippen molar-refractivity contribution in [2.24, 2.45) is 5.92 Å². The van der Waals surface area contributed by atoms with Gasteiger partial charge in [0.05, 0.1) is 4.92 Å². The van der Waals surface area contributed by atoms with Gasteiger partial charge in [-0.1, -0.05) is 13.8 Å². The highest BCUT2D eigenvalue weighted by Gasteiger charge is 2.34. The van der Waals surface area contributed by atoms with Gasteiger partial charge in [-0.2, -0.15) is 0 Å². The zero-order valence-electron chi connectivity index (χ0n) is 13.0. The average Bonchev–Trinajstić information content (AvgIpc) is 2.89. The Bertz CT molecular complexity index is 581. The Morgan fingerprint density at radius 3 is 2.52 bits per heavy atom. The van der Waals surface area contributed by atoms with Crippen LogP contribution in [0, 0.1) is 29.9 Å². The highest BCUT2D eigenvalue weighted by Crippen LogP contribution is 2.30. The predicted molar refractivity (Wildman–Crippen MR) is 81.5 cm³/mol. The Labute approximate surface area is 125 Å². The zero-order valence-corrected chi connectivity index (χ0v) is 13.0. The van der Waals surface area contributed by atoms with Gasteiger partial charge in [-0.25, -0.2) is 0 Å². The molecule has 21 heavy (non-hydrogen) atoms. The van der Waals surface area contributed by atoms with Crippen LogP contribution in [0.15, 0.2) is 12.1 Å². The molecule has 1 fully saturated rings. The van der Waals surface area contributed by atoms with Crippen molar-refractivity contribution in [2.45, 2.75) is 46.6 Å².